The molecule has 0 saturated heterocycles. The fourth-order valence-corrected chi connectivity index (χ4v) is 1.99. The molecule has 0 aliphatic rings. The fourth-order valence-electron chi connectivity index (χ4n) is 1.87. The Balaban J connectivity index is 1.59. The molecule has 0 atom stereocenters. The molecular formula is C16H13ClN4O2. The van der Waals surface area contributed by atoms with Crippen LogP contribution < -0.4 is 10.6 Å². The molecule has 3 rings (SSSR count). The summed E-state index contributed by atoms with van der Waals surface area (Å²) in [5.41, 5.74) is 0.865. The Morgan fingerprint density at radius 1 is 1.09 bits per heavy atom. The number of rotatable bonds is 5. The Labute approximate surface area is 137 Å². The number of hydrogen-bond acceptors (Lipinski definition) is 5. The summed E-state index contributed by atoms with van der Waals surface area (Å²) in [5, 5.41) is 14.3. The zero-order valence-electron chi connectivity index (χ0n) is 12.0. The number of nitrogens with one attached hydrogen (secondary N) is 2. The molecule has 0 fully saturated rings. The molecular weight excluding hydrogens is 316 g/mol. The predicted octanol–water partition coefficient (Wildman–Crippen LogP) is 3.59. The monoisotopic (exact) mass is 328 g/mol. The topological polar surface area (TPSA) is 80.0 Å². The van der Waals surface area contributed by atoms with Crippen molar-refractivity contribution in [1.82, 2.24) is 10.2 Å². The van der Waals surface area contributed by atoms with Crippen molar-refractivity contribution in [3.8, 4) is 0 Å². The van der Waals surface area contributed by atoms with Crippen molar-refractivity contribution in [1.29, 1.82) is 0 Å². The van der Waals surface area contributed by atoms with E-state index in [0.717, 1.165) is 5.76 Å². The number of furan rings is 1. The van der Waals surface area contributed by atoms with Crippen LogP contribution in [0.1, 0.15) is 16.2 Å². The highest BCUT2D eigenvalue weighted by molar-refractivity contribution is 6.30. The molecule has 0 saturated carbocycles. The van der Waals surface area contributed by atoms with Gasteiger partial charge < -0.3 is 15.1 Å². The minimum Gasteiger partial charge on any atom is -0.467 e. The van der Waals surface area contributed by atoms with Crippen molar-refractivity contribution in [3.05, 3.63) is 71.3 Å². The van der Waals surface area contributed by atoms with Crippen molar-refractivity contribution in [2.24, 2.45) is 0 Å². The van der Waals surface area contributed by atoms with Gasteiger partial charge in [0.05, 0.1) is 12.8 Å². The molecule has 3 aromatic rings. The van der Waals surface area contributed by atoms with Gasteiger partial charge in [-0.2, -0.15) is 0 Å². The van der Waals surface area contributed by atoms with Crippen molar-refractivity contribution in [2.75, 3.05) is 10.6 Å². The summed E-state index contributed by atoms with van der Waals surface area (Å²) in [6.45, 7) is 0.498. The second kappa shape index (κ2) is 6.93. The minimum atomic E-state index is -0.336. The number of carbonyl (C=O) groups is 1. The van der Waals surface area contributed by atoms with E-state index in [-0.39, 0.29) is 11.6 Å². The van der Waals surface area contributed by atoms with Crippen LogP contribution in [0.2, 0.25) is 5.02 Å². The Morgan fingerprint density at radius 2 is 1.91 bits per heavy atom. The van der Waals surface area contributed by atoms with Crippen LogP contribution in [0.25, 0.3) is 0 Å². The molecule has 2 heterocycles. The summed E-state index contributed by atoms with van der Waals surface area (Å²) < 4.78 is 5.21. The van der Waals surface area contributed by atoms with Crippen LogP contribution in [0.4, 0.5) is 11.5 Å². The molecule has 0 spiro atoms. The molecule has 0 aliphatic heterocycles. The van der Waals surface area contributed by atoms with Gasteiger partial charge in [-0.1, -0.05) is 11.6 Å². The number of nitrogens with zero attached hydrogens (tertiary/aromatic N) is 2. The highest BCUT2D eigenvalue weighted by Gasteiger charge is 2.09. The second-order valence-electron chi connectivity index (χ2n) is 4.70. The standard InChI is InChI=1S/C16H13ClN4O2/c17-11-3-5-12(6-4-11)19-16(22)14-7-8-15(21-20-14)18-10-13-2-1-9-23-13/h1-9H,10H2,(H,18,21)(H,19,22). The zero-order valence-corrected chi connectivity index (χ0v) is 12.7. The number of anilines is 2. The van der Waals surface area contributed by atoms with Crippen LogP contribution in [-0.4, -0.2) is 16.1 Å². The highest BCUT2D eigenvalue weighted by atomic mass is 35.5. The molecule has 0 radical (unpaired) electrons. The first kappa shape index (κ1) is 15.1. The first-order valence-electron chi connectivity index (χ1n) is 6.87. The van der Waals surface area contributed by atoms with Crippen LogP contribution >= 0.6 is 11.6 Å². The van der Waals surface area contributed by atoms with Gasteiger partial charge in [0, 0.05) is 10.7 Å². The summed E-state index contributed by atoms with van der Waals surface area (Å²) in [6.07, 6.45) is 1.60. The van der Waals surface area contributed by atoms with Gasteiger partial charge in [0.15, 0.2) is 5.69 Å². The molecule has 0 unspecified atom stereocenters. The zero-order chi connectivity index (χ0) is 16.1. The first-order chi connectivity index (χ1) is 11.2. The molecule has 2 aromatic heterocycles. The maximum Gasteiger partial charge on any atom is 0.276 e. The number of benzene rings is 1. The van der Waals surface area contributed by atoms with Crippen LogP contribution in [0.15, 0.2) is 59.2 Å². The Hall–Kier alpha value is -2.86. The molecule has 23 heavy (non-hydrogen) atoms. The van der Waals surface area contributed by atoms with Crippen molar-refractivity contribution in [2.45, 2.75) is 6.54 Å². The van der Waals surface area contributed by atoms with Crippen LogP contribution in [-0.2, 0) is 6.54 Å². The third-order valence-electron chi connectivity index (χ3n) is 3.02. The fraction of sp³-hybridized carbons (Fsp3) is 0.0625. The lowest BCUT2D eigenvalue weighted by molar-refractivity contribution is 0.102. The lowest BCUT2D eigenvalue weighted by Gasteiger charge is -2.06. The van der Waals surface area contributed by atoms with Gasteiger partial charge in [-0.25, -0.2) is 0 Å². The summed E-state index contributed by atoms with van der Waals surface area (Å²) in [5.74, 6) is 1.01. The van der Waals surface area contributed by atoms with E-state index in [2.05, 4.69) is 20.8 Å². The van der Waals surface area contributed by atoms with E-state index in [1.165, 1.54) is 0 Å². The molecule has 2 N–H and O–H groups in total. The largest absolute Gasteiger partial charge is 0.467 e. The molecule has 6 nitrogen and oxygen atoms in total. The summed E-state index contributed by atoms with van der Waals surface area (Å²) in [6, 6.07) is 13.8. The van der Waals surface area contributed by atoms with Crippen molar-refractivity contribution >= 4 is 29.0 Å². The quantitative estimate of drug-likeness (QED) is 0.748. The SMILES string of the molecule is O=C(Nc1ccc(Cl)cc1)c1ccc(NCc2ccco2)nn1. The number of halogens is 1. The van der Waals surface area contributed by atoms with E-state index >= 15 is 0 Å². The van der Waals surface area contributed by atoms with Gasteiger partial charge in [0.2, 0.25) is 0 Å². The van der Waals surface area contributed by atoms with E-state index in [1.54, 1.807) is 42.7 Å². The van der Waals surface area contributed by atoms with E-state index in [1.807, 2.05) is 12.1 Å². The number of carbonyl (C=O) groups excluding carboxylic acids is 1. The van der Waals surface area contributed by atoms with Gasteiger partial charge in [-0.3, -0.25) is 4.79 Å². The first-order valence-corrected chi connectivity index (χ1v) is 7.25. The average Bonchev–Trinajstić information content (AvgIpc) is 3.09. The third-order valence-corrected chi connectivity index (χ3v) is 3.28. The second-order valence-corrected chi connectivity index (χ2v) is 5.13. The van der Waals surface area contributed by atoms with Gasteiger partial charge >= 0.3 is 0 Å². The van der Waals surface area contributed by atoms with Crippen LogP contribution in [0.5, 0.6) is 0 Å². The average molecular weight is 329 g/mol. The maximum atomic E-state index is 12.1. The number of aromatic nitrogens is 2. The molecule has 0 aliphatic carbocycles. The maximum absolute atomic E-state index is 12.1. The predicted molar refractivity (Wildman–Crippen MR) is 87.5 cm³/mol. The van der Waals surface area contributed by atoms with E-state index < -0.39 is 0 Å². The molecule has 116 valence electrons. The Kier molecular flexibility index (Phi) is 4.54. The summed E-state index contributed by atoms with van der Waals surface area (Å²) in [7, 11) is 0. The molecule has 1 aromatic carbocycles. The van der Waals surface area contributed by atoms with Gasteiger partial charge in [-0.15, -0.1) is 10.2 Å². The van der Waals surface area contributed by atoms with Gasteiger partial charge in [-0.05, 0) is 48.5 Å². The molecule has 1 amide bonds. The highest BCUT2D eigenvalue weighted by Crippen LogP contribution is 2.14. The van der Waals surface area contributed by atoms with Crippen molar-refractivity contribution < 1.29 is 9.21 Å². The van der Waals surface area contributed by atoms with Gasteiger partial charge in [0.25, 0.3) is 5.91 Å². The molecule has 7 heteroatoms. The number of amides is 1. The number of hydrogen-bond donors (Lipinski definition) is 2. The van der Waals surface area contributed by atoms with Crippen LogP contribution in [0, 0.1) is 0 Å². The van der Waals surface area contributed by atoms with E-state index in [9.17, 15) is 4.79 Å². The van der Waals surface area contributed by atoms with Gasteiger partial charge in [0.1, 0.15) is 11.6 Å². The third kappa shape index (κ3) is 4.08. The van der Waals surface area contributed by atoms with Crippen molar-refractivity contribution in [3.63, 3.8) is 0 Å². The molecule has 0 bridgehead atoms. The van der Waals surface area contributed by atoms with E-state index in [0.29, 0.717) is 23.1 Å². The van der Waals surface area contributed by atoms with E-state index in [4.69, 9.17) is 16.0 Å². The minimum absolute atomic E-state index is 0.225. The lowest BCUT2D eigenvalue weighted by atomic mass is 10.3. The summed E-state index contributed by atoms with van der Waals surface area (Å²) >= 11 is 5.80. The Morgan fingerprint density at radius 3 is 2.57 bits per heavy atom. The smallest absolute Gasteiger partial charge is 0.276 e. The summed E-state index contributed by atoms with van der Waals surface area (Å²) in [4.78, 5) is 12.1. The normalized spacial score (nSPS) is 10.3. The lowest BCUT2D eigenvalue weighted by Crippen LogP contribution is -2.14. The van der Waals surface area contributed by atoms with Crippen LogP contribution in [0.3, 0.4) is 0 Å². The Bertz CT molecular complexity index is 771.